The average molecular weight is 284 g/mol. The van der Waals surface area contributed by atoms with Crippen LogP contribution in [0.5, 0.6) is 0 Å². The molecule has 20 heavy (non-hydrogen) atoms. The van der Waals surface area contributed by atoms with Crippen LogP contribution in [0.2, 0.25) is 0 Å². The summed E-state index contributed by atoms with van der Waals surface area (Å²) in [4.78, 5) is 12.0. The summed E-state index contributed by atoms with van der Waals surface area (Å²) in [6.07, 6.45) is 5.87. The molecule has 1 aliphatic rings. The lowest BCUT2D eigenvalue weighted by Gasteiger charge is -2.31. The second kappa shape index (κ2) is 7.99. The zero-order chi connectivity index (χ0) is 15.2. The highest BCUT2D eigenvalue weighted by molar-refractivity contribution is 5.76. The summed E-state index contributed by atoms with van der Waals surface area (Å²) < 4.78 is 0. The Morgan fingerprint density at radius 2 is 1.95 bits per heavy atom. The summed E-state index contributed by atoms with van der Waals surface area (Å²) in [6, 6.07) is -0.0427. The van der Waals surface area contributed by atoms with Crippen LogP contribution in [0, 0.1) is 11.3 Å². The molecule has 1 amide bonds. The van der Waals surface area contributed by atoms with Crippen molar-refractivity contribution in [3.63, 3.8) is 0 Å². The molecule has 4 N–H and O–H groups in total. The topological polar surface area (TPSA) is 75.4 Å². The first-order valence-corrected chi connectivity index (χ1v) is 8.02. The monoisotopic (exact) mass is 284 g/mol. The second-order valence-corrected chi connectivity index (χ2v) is 7.20. The molecule has 0 aromatic carbocycles. The van der Waals surface area contributed by atoms with Gasteiger partial charge in [-0.05, 0) is 43.6 Å². The molecular formula is C16H32N2O2. The van der Waals surface area contributed by atoms with E-state index >= 15 is 0 Å². The van der Waals surface area contributed by atoms with Gasteiger partial charge in [-0.1, -0.05) is 33.6 Å². The summed E-state index contributed by atoms with van der Waals surface area (Å²) >= 11 is 0. The van der Waals surface area contributed by atoms with Crippen molar-refractivity contribution in [2.24, 2.45) is 17.1 Å². The summed E-state index contributed by atoms with van der Waals surface area (Å²) in [5.74, 6) is 0.539. The number of hydrogen-bond donors (Lipinski definition) is 3. The Kier molecular flexibility index (Phi) is 6.96. The minimum atomic E-state index is -0.366. The van der Waals surface area contributed by atoms with E-state index < -0.39 is 0 Å². The highest BCUT2D eigenvalue weighted by Crippen LogP contribution is 2.32. The fraction of sp³-hybridized carbons (Fsp3) is 0.938. The van der Waals surface area contributed by atoms with Crippen LogP contribution in [0.25, 0.3) is 0 Å². The first-order valence-electron chi connectivity index (χ1n) is 8.02. The van der Waals surface area contributed by atoms with Gasteiger partial charge in [0.1, 0.15) is 0 Å². The molecule has 0 saturated heterocycles. The molecule has 4 heteroatoms. The van der Waals surface area contributed by atoms with E-state index in [9.17, 15) is 9.90 Å². The van der Waals surface area contributed by atoms with E-state index in [1.54, 1.807) is 0 Å². The molecule has 0 spiro atoms. The number of aliphatic hydroxyl groups is 1. The predicted octanol–water partition coefficient (Wildman–Crippen LogP) is 2.20. The Morgan fingerprint density at radius 1 is 1.30 bits per heavy atom. The van der Waals surface area contributed by atoms with Crippen LogP contribution in [-0.4, -0.2) is 29.7 Å². The third kappa shape index (κ3) is 5.80. The maximum absolute atomic E-state index is 12.0. The lowest BCUT2D eigenvalue weighted by atomic mass is 9.76. The number of carbonyl (C=O) groups is 1. The van der Waals surface area contributed by atoms with Crippen molar-refractivity contribution < 1.29 is 9.90 Å². The highest BCUT2D eigenvalue weighted by atomic mass is 16.3. The van der Waals surface area contributed by atoms with Crippen LogP contribution in [0.15, 0.2) is 0 Å². The maximum atomic E-state index is 12.0. The molecule has 1 rings (SSSR count). The van der Waals surface area contributed by atoms with Gasteiger partial charge in [0.05, 0.1) is 12.1 Å². The number of carbonyl (C=O) groups excluding carboxylic acids is 1. The standard InChI is InChI=1S/C16H32N2O2/c1-16(2,3)12(10-11-17)8-9-15(20)18-13-6-4-5-7-14(13)19/h12-14,19H,4-11,17H2,1-3H3,(H,18,20). The summed E-state index contributed by atoms with van der Waals surface area (Å²) in [5, 5.41) is 12.9. The van der Waals surface area contributed by atoms with Gasteiger partial charge in [-0.25, -0.2) is 0 Å². The molecular weight excluding hydrogens is 252 g/mol. The van der Waals surface area contributed by atoms with Crippen LogP contribution in [0.1, 0.15) is 65.7 Å². The van der Waals surface area contributed by atoms with Crippen molar-refractivity contribution in [1.82, 2.24) is 5.32 Å². The normalized spacial score (nSPS) is 25.2. The van der Waals surface area contributed by atoms with Gasteiger partial charge in [0.15, 0.2) is 0 Å². The number of amides is 1. The molecule has 0 aromatic heterocycles. The third-order valence-corrected chi connectivity index (χ3v) is 4.54. The van der Waals surface area contributed by atoms with Crippen molar-refractivity contribution in [2.75, 3.05) is 6.54 Å². The Balaban J connectivity index is 2.37. The number of aliphatic hydroxyl groups excluding tert-OH is 1. The van der Waals surface area contributed by atoms with Crippen molar-refractivity contribution in [3.05, 3.63) is 0 Å². The number of rotatable bonds is 6. The smallest absolute Gasteiger partial charge is 0.220 e. The molecule has 1 fully saturated rings. The molecule has 118 valence electrons. The van der Waals surface area contributed by atoms with Gasteiger partial charge in [0.25, 0.3) is 0 Å². The van der Waals surface area contributed by atoms with E-state index in [1.165, 1.54) is 0 Å². The minimum absolute atomic E-state index is 0.0427. The Morgan fingerprint density at radius 3 is 2.50 bits per heavy atom. The first-order chi connectivity index (χ1) is 9.34. The van der Waals surface area contributed by atoms with Crippen LogP contribution < -0.4 is 11.1 Å². The average Bonchev–Trinajstić information content (AvgIpc) is 2.36. The SMILES string of the molecule is CC(C)(C)C(CCN)CCC(=O)NC1CCCCC1O. The van der Waals surface area contributed by atoms with Gasteiger partial charge in [-0.2, -0.15) is 0 Å². The molecule has 0 aliphatic heterocycles. The van der Waals surface area contributed by atoms with E-state index in [2.05, 4.69) is 26.1 Å². The number of nitrogens with two attached hydrogens (primary N) is 1. The third-order valence-electron chi connectivity index (χ3n) is 4.54. The fourth-order valence-corrected chi connectivity index (χ4v) is 3.08. The summed E-state index contributed by atoms with van der Waals surface area (Å²) in [5.41, 5.74) is 5.85. The van der Waals surface area contributed by atoms with Crippen LogP contribution >= 0.6 is 0 Å². The van der Waals surface area contributed by atoms with Crippen LogP contribution in [0.4, 0.5) is 0 Å². The number of nitrogens with one attached hydrogen (secondary N) is 1. The minimum Gasteiger partial charge on any atom is -0.391 e. The maximum Gasteiger partial charge on any atom is 0.220 e. The molecule has 0 heterocycles. The highest BCUT2D eigenvalue weighted by Gasteiger charge is 2.27. The lowest BCUT2D eigenvalue weighted by molar-refractivity contribution is -0.123. The van der Waals surface area contributed by atoms with E-state index in [0.717, 1.165) is 38.5 Å². The molecule has 1 aliphatic carbocycles. The summed E-state index contributed by atoms with van der Waals surface area (Å²) in [6.45, 7) is 7.28. The van der Waals surface area contributed by atoms with Crippen molar-refractivity contribution in [1.29, 1.82) is 0 Å². The quantitative estimate of drug-likeness (QED) is 0.700. The predicted molar refractivity (Wildman–Crippen MR) is 82.3 cm³/mol. The second-order valence-electron chi connectivity index (χ2n) is 7.20. The Bertz CT molecular complexity index is 299. The van der Waals surface area contributed by atoms with Gasteiger partial charge < -0.3 is 16.2 Å². The molecule has 3 unspecified atom stereocenters. The van der Waals surface area contributed by atoms with Gasteiger partial charge in [0, 0.05) is 6.42 Å². The first kappa shape index (κ1) is 17.4. The molecule has 0 aromatic rings. The molecule has 1 saturated carbocycles. The fourth-order valence-electron chi connectivity index (χ4n) is 3.08. The van der Waals surface area contributed by atoms with Crippen LogP contribution in [-0.2, 0) is 4.79 Å². The molecule has 0 radical (unpaired) electrons. The van der Waals surface area contributed by atoms with Gasteiger partial charge in [0.2, 0.25) is 5.91 Å². The van der Waals surface area contributed by atoms with E-state index in [-0.39, 0.29) is 23.5 Å². The van der Waals surface area contributed by atoms with Crippen molar-refractivity contribution >= 4 is 5.91 Å². The Hall–Kier alpha value is -0.610. The zero-order valence-corrected chi connectivity index (χ0v) is 13.3. The van der Waals surface area contributed by atoms with Gasteiger partial charge in [-0.3, -0.25) is 4.79 Å². The van der Waals surface area contributed by atoms with Crippen molar-refractivity contribution in [2.45, 2.75) is 77.9 Å². The lowest BCUT2D eigenvalue weighted by Crippen LogP contribution is -2.45. The largest absolute Gasteiger partial charge is 0.391 e. The molecule has 0 bridgehead atoms. The van der Waals surface area contributed by atoms with E-state index in [4.69, 9.17) is 5.73 Å². The van der Waals surface area contributed by atoms with E-state index in [0.29, 0.717) is 18.9 Å². The number of hydrogen-bond acceptors (Lipinski definition) is 3. The van der Waals surface area contributed by atoms with Crippen LogP contribution in [0.3, 0.4) is 0 Å². The van der Waals surface area contributed by atoms with E-state index in [1.807, 2.05) is 0 Å². The molecule has 4 nitrogen and oxygen atoms in total. The van der Waals surface area contributed by atoms with Gasteiger partial charge in [-0.15, -0.1) is 0 Å². The zero-order valence-electron chi connectivity index (χ0n) is 13.3. The van der Waals surface area contributed by atoms with Gasteiger partial charge >= 0.3 is 0 Å². The molecule has 3 atom stereocenters. The van der Waals surface area contributed by atoms with Crippen molar-refractivity contribution in [3.8, 4) is 0 Å². The summed E-state index contributed by atoms with van der Waals surface area (Å²) in [7, 11) is 0. The Labute approximate surface area is 123 Å².